The smallest absolute Gasteiger partial charge is 0.159 e. The van der Waals surface area contributed by atoms with E-state index in [4.69, 9.17) is 5.73 Å². The van der Waals surface area contributed by atoms with Crippen molar-refractivity contribution >= 4 is 33.9 Å². The van der Waals surface area contributed by atoms with Crippen molar-refractivity contribution in [3.05, 3.63) is 42.9 Å². The zero-order chi connectivity index (χ0) is 18.5. The Hall–Kier alpha value is -2.93. The van der Waals surface area contributed by atoms with E-state index < -0.39 is 0 Å². The molecule has 4 N–H and O–H groups in total. The van der Waals surface area contributed by atoms with Gasteiger partial charge in [0.25, 0.3) is 0 Å². The van der Waals surface area contributed by atoms with E-state index in [1.807, 2.05) is 30.3 Å². The Morgan fingerprint density at radius 3 is 2.67 bits per heavy atom. The van der Waals surface area contributed by atoms with Gasteiger partial charge in [-0.15, -0.1) is 0 Å². The molecule has 0 amide bonds. The van der Waals surface area contributed by atoms with Gasteiger partial charge in [-0.2, -0.15) is 0 Å². The van der Waals surface area contributed by atoms with Crippen molar-refractivity contribution in [3.8, 4) is 0 Å². The molecule has 3 aromatic rings. The highest BCUT2D eigenvalue weighted by molar-refractivity contribution is 5.93. The molecule has 7 nitrogen and oxygen atoms in total. The summed E-state index contributed by atoms with van der Waals surface area (Å²) in [5.41, 5.74) is 8.59. The number of hydrogen-bond acceptors (Lipinski definition) is 7. The summed E-state index contributed by atoms with van der Waals surface area (Å²) in [5.74, 6) is 1.25. The summed E-state index contributed by atoms with van der Waals surface area (Å²) >= 11 is 0. The molecule has 0 aliphatic carbocycles. The molecule has 7 heteroatoms. The maximum Gasteiger partial charge on any atom is 0.159 e. The minimum Gasteiger partial charge on any atom is -0.393 e. The van der Waals surface area contributed by atoms with Gasteiger partial charge < -0.3 is 21.3 Å². The first kappa shape index (κ1) is 17.5. The number of rotatable bonds is 6. The predicted octanol–water partition coefficient (Wildman–Crippen LogP) is 3.25. The van der Waals surface area contributed by atoms with Crippen LogP contribution in [0.15, 0.2) is 42.9 Å². The van der Waals surface area contributed by atoms with Gasteiger partial charge in [-0.1, -0.05) is 24.6 Å². The van der Waals surface area contributed by atoms with Crippen LogP contribution < -0.4 is 16.4 Å². The molecule has 3 heterocycles. The molecule has 1 fully saturated rings. The van der Waals surface area contributed by atoms with Gasteiger partial charge in [-0.25, -0.2) is 9.97 Å². The number of nitrogens with two attached hydrogens (primary N) is 1. The van der Waals surface area contributed by atoms with Crippen LogP contribution in [0, 0.1) is 0 Å². The van der Waals surface area contributed by atoms with Crippen molar-refractivity contribution in [3.63, 3.8) is 0 Å². The third kappa shape index (κ3) is 4.09. The molecular formula is C20H25N7. The highest BCUT2D eigenvalue weighted by Crippen LogP contribution is 2.29. The minimum absolute atomic E-state index is 0.518. The Bertz CT molecular complexity index is 900. The number of nitrogen functional groups attached to an aromatic ring is 1. The fourth-order valence-electron chi connectivity index (χ4n) is 3.48. The average Bonchev–Trinajstić information content (AvgIpc) is 2.72. The van der Waals surface area contributed by atoms with Crippen LogP contribution in [-0.2, 0) is 0 Å². The van der Waals surface area contributed by atoms with Gasteiger partial charge in [0.15, 0.2) is 11.6 Å². The molecule has 0 spiro atoms. The molecule has 0 radical (unpaired) electrons. The second-order valence-electron chi connectivity index (χ2n) is 6.82. The Labute approximate surface area is 159 Å². The first-order valence-corrected chi connectivity index (χ1v) is 9.49. The van der Waals surface area contributed by atoms with Crippen LogP contribution in [0.3, 0.4) is 0 Å². The van der Waals surface area contributed by atoms with Gasteiger partial charge in [-0.3, -0.25) is 4.98 Å². The van der Waals surface area contributed by atoms with E-state index in [0.29, 0.717) is 17.3 Å². The lowest BCUT2D eigenvalue weighted by molar-refractivity contribution is 0.237. The van der Waals surface area contributed by atoms with Crippen LogP contribution in [0.2, 0.25) is 0 Å². The second-order valence-corrected chi connectivity index (χ2v) is 6.82. The normalized spacial score (nSPS) is 15.0. The first-order valence-electron chi connectivity index (χ1n) is 9.49. The fraction of sp³-hybridized carbons (Fsp3) is 0.350. The van der Waals surface area contributed by atoms with Crippen LogP contribution in [0.4, 0.5) is 23.0 Å². The number of aromatic nitrogens is 3. The molecule has 1 aliphatic heterocycles. The Kier molecular flexibility index (Phi) is 5.29. The number of fused-ring (bicyclic) bond motifs is 1. The van der Waals surface area contributed by atoms with E-state index in [1.165, 1.54) is 38.7 Å². The van der Waals surface area contributed by atoms with Crippen molar-refractivity contribution in [1.29, 1.82) is 0 Å². The number of nitrogens with one attached hydrogen (secondary N) is 2. The number of benzene rings is 1. The van der Waals surface area contributed by atoms with Crippen molar-refractivity contribution in [1.82, 2.24) is 19.9 Å². The third-order valence-electron chi connectivity index (χ3n) is 4.94. The Balaban J connectivity index is 1.46. The van der Waals surface area contributed by atoms with E-state index in [2.05, 4.69) is 30.5 Å². The maximum atomic E-state index is 6.31. The molecule has 0 saturated carbocycles. The third-order valence-corrected chi connectivity index (χ3v) is 4.94. The van der Waals surface area contributed by atoms with Crippen molar-refractivity contribution in [2.45, 2.75) is 19.3 Å². The molecule has 140 valence electrons. The van der Waals surface area contributed by atoms with Crippen LogP contribution in [-0.4, -0.2) is 46.0 Å². The molecule has 1 aromatic carbocycles. The van der Waals surface area contributed by atoms with Gasteiger partial charge in [-0.05, 0) is 38.1 Å². The molecular weight excluding hydrogens is 338 g/mol. The molecule has 1 aliphatic rings. The SMILES string of the molecule is Nc1c(NCCN2CCCCC2)ncnc1Nc1cccc2cccnc12. The molecule has 4 rings (SSSR count). The Morgan fingerprint density at radius 2 is 1.78 bits per heavy atom. The summed E-state index contributed by atoms with van der Waals surface area (Å²) in [7, 11) is 0. The largest absolute Gasteiger partial charge is 0.393 e. The average molecular weight is 363 g/mol. The van der Waals surface area contributed by atoms with E-state index in [0.717, 1.165) is 29.7 Å². The number of para-hydroxylation sites is 1. The molecule has 0 atom stereocenters. The van der Waals surface area contributed by atoms with Crippen molar-refractivity contribution in [2.24, 2.45) is 0 Å². The molecule has 0 unspecified atom stereocenters. The number of likely N-dealkylation sites (tertiary alicyclic amines) is 1. The van der Waals surface area contributed by atoms with Crippen LogP contribution in [0.1, 0.15) is 19.3 Å². The topological polar surface area (TPSA) is 92.0 Å². The number of hydrogen-bond donors (Lipinski definition) is 3. The number of pyridine rings is 1. The summed E-state index contributed by atoms with van der Waals surface area (Å²) in [5, 5.41) is 7.72. The molecule has 0 bridgehead atoms. The van der Waals surface area contributed by atoms with Gasteiger partial charge in [0.1, 0.15) is 12.0 Å². The standard InChI is InChI=1S/C20H25N7/c21-17-19(23-10-13-27-11-2-1-3-12-27)24-14-25-20(17)26-16-8-4-6-15-7-5-9-22-18(15)16/h4-9,14H,1-3,10-13,21H2,(H2,23,24,25,26). The van der Waals surface area contributed by atoms with E-state index in [1.54, 1.807) is 6.20 Å². The van der Waals surface area contributed by atoms with Crippen molar-refractivity contribution < 1.29 is 0 Å². The van der Waals surface area contributed by atoms with E-state index in [-0.39, 0.29) is 0 Å². The van der Waals surface area contributed by atoms with Gasteiger partial charge in [0.05, 0.1) is 11.2 Å². The lowest BCUT2D eigenvalue weighted by Crippen LogP contribution is -2.33. The van der Waals surface area contributed by atoms with Gasteiger partial charge in [0, 0.05) is 24.7 Å². The maximum absolute atomic E-state index is 6.31. The minimum atomic E-state index is 0.518. The lowest BCUT2D eigenvalue weighted by atomic mass is 10.1. The number of piperidine rings is 1. The van der Waals surface area contributed by atoms with E-state index in [9.17, 15) is 0 Å². The van der Waals surface area contributed by atoms with E-state index >= 15 is 0 Å². The lowest BCUT2D eigenvalue weighted by Gasteiger charge is -2.26. The fourth-order valence-corrected chi connectivity index (χ4v) is 3.48. The first-order chi connectivity index (χ1) is 13.3. The summed E-state index contributed by atoms with van der Waals surface area (Å²) in [4.78, 5) is 15.6. The highest BCUT2D eigenvalue weighted by Gasteiger charge is 2.12. The zero-order valence-electron chi connectivity index (χ0n) is 15.4. The molecule has 27 heavy (non-hydrogen) atoms. The predicted molar refractivity (Wildman–Crippen MR) is 110 cm³/mol. The monoisotopic (exact) mass is 363 g/mol. The van der Waals surface area contributed by atoms with Gasteiger partial charge >= 0.3 is 0 Å². The zero-order valence-corrected chi connectivity index (χ0v) is 15.4. The van der Waals surface area contributed by atoms with Crippen LogP contribution >= 0.6 is 0 Å². The van der Waals surface area contributed by atoms with Crippen LogP contribution in [0.25, 0.3) is 10.9 Å². The summed E-state index contributed by atoms with van der Waals surface area (Å²) in [6.45, 7) is 4.18. The number of anilines is 4. The van der Waals surface area contributed by atoms with Crippen molar-refractivity contribution in [2.75, 3.05) is 42.5 Å². The summed E-state index contributed by atoms with van der Waals surface area (Å²) in [6.07, 6.45) is 7.25. The number of nitrogens with zero attached hydrogens (tertiary/aromatic N) is 4. The molecule has 1 saturated heterocycles. The Morgan fingerprint density at radius 1 is 0.963 bits per heavy atom. The summed E-state index contributed by atoms with van der Waals surface area (Å²) in [6, 6.07) is 9.95. The molecule has 2 aromatic heterocycles. The highest BCUT2D eigenvalue weighted by atomic mass is 15.2. The quantitative estimate of drug-likeness (QED) is 0.619. The van der Waals surface area contributed by atoms with Crippen LogP contribution in [0.5, 0.6) is 0 Å². The second kappa shape index (κ2) is 8.18. The summed E-state index contributed by atoms with van der Waals surface area (Å²) < 4.78 is 0. The van der Waals surface area contributed by atoms with Gasteiger partial charge in [0.2, 0.25) is 0 Å².